The topological polar surface area (TPSA) is 45.2 Å². The third-order valence-corrected chi connectivity index (χ3v) is 6.12. The second-order valence-corrected chi connectivity index (χ2v) is 7.79. The van der Waals surface area contributed by atoms with E-state index in [1.807, 2.05) is 30.3 Å². The molecular formula is C23H30N2O3. The molecule has 0 amide bonds. The molecule has 2 aliphatic rings. The highest BCUT2D eigenvalue weighted by atomic mass is 16.5. The maximum Gasteiger partial charge on any atom is 0.118 e. The van der Waals surface area contributed by atoms with Gasteiger partial charge in [-0.05, 0) is 29.7 Å². The first-order valence-corrected chi connectivity index (χ1v) is 10.1. The molecule has 2 aromatic rings. The van der Waals surface area contributed by atoms with Crippen molar-refractivity contribution in [3.8, 4) is 5.75 Å². The van der Waals surface area contributed by atoms with E-state index in [4.69, 9.17) is 9.47 Å². The van der Waals surface area contributed by atoms with Crippen LogP contribution in [0.1, 0.15) is 17.5 Å². The Bertz CT molecular complexity index is 746. The third-order valence-electron chi connectivity index (χ3n) is 6.12. The monoisotopic (exact) mass is 382 g/mol. The number of piperidine rings is 1. The summed E-state index contributed by atoms with van der Waals surface area (Å²) in [5.41, 5.74) is 1.47. The van der Waals surface area contributed by atoms with Crippen LogP contribution in [0, 0.1) is 0 Å². The van der Waals surface area contributed by atoms with Crippen LogP contribution in [-0.2, 0) is 16.9 Å². The average Bonchev–Trinajstić information content (AvgIpc) is 2.77. The second-order valence-electron chi connectivity index (χ2n) is 7.79. The van der Waals surface area contributed by atoms with E-state index >= 15 is 0 Å². The molecule has 0 bridgehead atoms. The molecule has 5 nitrogen and oxygen atoms in total. The Labute approximate surface area is 167 Å². The van der Waals surface area contributed by atoms with E-state index in [1.54, 1.807) is 7.11 Å². The Morgan fingerprint density at radius 3 is 2.43 bits per heavy atom. The van der Waals surface area contributed by atoms with Crippen molar-refractivity contribution in [2.24, 2.45) is 0 Å². The molecule has 5 heteroatoms. The van der Waals surface area contributed by atoms with E-state index < -0.39 is 5.60 Å². The molecule has 2 saturated heterocycles. The maximum atomic E-state index is 11.8. The molecule has 0 aromatic heterocycles. The molecule has 2 aromatic carbocycles. The van der Waals surface area contributed by atoms with E-state index in [1.165, 1.54) is 5.56 Å². The van der Waals surface area contributed by atoms with Crippen LogP contribution >= 0.6 is 0 Å². The molecule has 1 N–H and O–H groups in total. The van der Waals surface area contributed by atoms with Crippen LogP contribution in [0.15, 0.2) is 54.6 Å². The summed E-state index contributed by atoms with van der Waals surface area (Å²) >= 11 is 0. The van der Waals surface area contributed by atoms with Crippen molar-refractivity contribution in [1.82, 2.24) is 9.80 Å². The molecule has 2 atom stereocenters. The van der Waals surface area contributed by atoms with Crippen LogP contribution < -0.4 is 4.74 Å². The lowest BCUT2D eigenvalue weighted by Gasteiger charge is -2.50. The molecule has 0 radical (unpaired) electrons. The Morgan fingerprint density at radius 1 is 1.04 bits per heavy atom. The summed E-state index contributed by atoms with van der Waals surface area (Å²) in [5, 5.41) is 11.8. The van der Waals surface area contributed by atoms with Gasteiger partial charge in [0.1, 0.15) is 11.4 Å². The van der Waals surface area contributed by atoms with Gasteiger partial charge >= 0.3 is 0 Å². The number of likely N-dealkylation sites (tertiary alicyclic amines) is 1. The van der Waals surface area contributed by atoms with Gasteiger partial charge in [0.15, 0.2) is 0 Å². The fraction of sp³-hybridized carbons (Fsp3) is 0.478. The second kappa shape index (κ2) is 8.62. The molecule has 150 valence electrons. The minimum atomic E-state index is -0.824. The van der Waals surface area contributed by atoms with Crippen molar-refractivity contribution in [1.29, 1.82) is 0 Å². The number of ether oxygens (including phenoxy) is 2. The Balaban J connectivity index is 1.54. The first kappa shape index (κ1) is 19.4. The summed E-state index contributed by atoms with van der Waals surface area (Å²) in [6.45, 7) is 5.82. The Hall–Kier alpha value is -1.92. The molecule has 28 heavy (non-hydrogen) atoms. The molecule has 0 saturated carbocycles. The van der Waals surface area contributed by atoms with Crippen LogP contribution in [0.3, 0.4) is 0 Å². The lowest BCUT2D eigenvalue weighted by atomic mass is 9.79. The number of hydrogen-bond donors (Lipinski definition) is 1. The van der Waals surface area contributed by atoms with Gasteiger partial charge < -0.3 is 14.6 Å². The Kier molecular flexibility index (Phi) is 5.97. The zero-order chi connectivity index (χ0) is 19.4. The quantitative estimate of drug-likeness (QED) is 0.861. The van der Waals surface area contributed by atoms with Gasteiger partial charge in [-0.2, -0.15) is 0 Å². The zero-order valence-electron chi connectivity index (χ0n) is 16.6. The van der Waals surface area contributed by atoms with Gasteiger partial charge in [-0.1, -0.05) is 42.5 Å². The van der Waals surface area contributed by atoms with Crippen molar-refractivity contribution in [2.45, 2.75) is 24.6 Å². The van der Waals surface area contributed by atoms with Crippen LogP contribution in [0.25, 0.3) is 0 Å². The van der Waals surface area contributed by atoms with Crippen LogP contribution in [0.5, 0.6) is 5.75 Å². The average molecular weight is 383 g/mol. The number of benzene rings is 2. The van der Waals surface area contributed by atoms with Crippen molar-refractivity contribution >= 4 is 0 Å². The zero-order valence-corrected chi connectivity index (χ0v) is 16.6. The van der Waals surface area contributed by atoms with Gasteiger partial charge in [0.25, 0.3) is 0 Å². The molecule has 0 spiro atoms. The maximum absolute atomic E-state index is 11.8. The highest BCUT2D eigenvalue weighted by Crippen LogP contribution is 2.36. The number of hydrogen-bond acceptors (Lipinski definition) is 5. The van der Waals surface area contributed by atoms with Crippen molar-refractivity contribution in [3.05, 3.63) is 65.7 Å². The minimum absolute atomic E-state index is 0.0609. The van der Waals surface area contributed by atoms with E-state index in [0.717, 1.165) is 63.7 Å². The van der Waals surface area contributed by atoms with E-state index in [-0.39, 0.29) is 6.04 Å². The molecule has 2 aliphatic heterocycles. The lowest BCUT2D eigenvalue weighted by Crippen LogP contribution is -2.62. The summed E-state index contributed by atoms with van der Waals surface area (Å²) < 4.78 is 10.8. The van der Waals surface area contributed by atoms with E-state index in [0.29, 0.717) is 0 Å². The van der Waals surface area contributed by atoms with Crippen molar-refractivity contribution in [3.63, 3.8) is 0 Å². The summed E-state index contributed by atoms with van der Waals surface area (Å²) in [6, 6.07) is 18.5. The van der Waals surface area contributed by atoms with E-state index in [2.05, 4.69) is 34.1 Å². The highest BCUT2D eigenvalue weighted by Gasteiger charge is 2.45. The first-order valence-electron chi connectivity index (χ1n) is 10.1. The predicted octanol–water partition coefficient (Wildman–Crippen LogP) is 2.49. The first-order chi connectivity index (χ1) is 13.7. The molecule has 4 rings (SSSR count). The van der Waals surface area contributed by atoms with Gasteiger partial charge in [-0.15, -0.1) is 0 Å². The number of methoxy groups -OCH3 is 1. The van der Waals surface area contributed by atoms with Crippen LogP contribution in [-0.4, -0.2) is 67.5 Å². The molecular weight excluding hydrogens is 352 g/mol. The number of nitrogens with zero attached hydrogens (tertiary/aromatic N) is 2. The molecule has 0 unspecified atom stereocenters. The number of rotatable bonds is 5. The van der Waals surface area contributed by atoms with Gasteiger partial charge in [0.05, 0.1) is 26.4 Å². The number of morpholine rings is 1. The molecule has 0 aliphatic carbocycles. The largest absolute Gasteiger partial charge is 0.497 e. The van der Waals surface area contributed by atoms with Crippen molar-refractivity contribution in [2.75, 3.05) is 46.5 Å². The third kappa shape index (κ3) is 4.08. The predicted molar refractivity (Wildman–Crippen MR) is 109 cm³/mol. The molecule has 2 fully saturated rings. The summed E-state index contributed by atoms with van der Waals surface area (Å²) in [5.74, 6) is 0.882. The minimum Gasteiger partial charge on any atom is -0.497 e. The normalized spacial score (nSPS) is 26.9. The van der Waals surface area contributed by atoms with Gasteiger partial charge in [0, 0.05) is 32.7 Å². The lowest BCUT2D eigenvalue weighted by molar-refractivity contribution is -0.119. The highest BCUT2D eigenvalue weighted by molar-refractivity contribution is 5.28. The van der Waals surface area contributed by atoms with Gasteiger partial charge in [0.2, 0.25) is 0 Å². The SMILES string of the molecule is COc1ccc(CN2CC[C@](O)(c3ccccc3)[C@H](N3CCOCC3)C2)cc1. The van der Waals surface area contributed by atoms with Gasteiger partial charge in [-0.3, -0.25) is 9.80 Å². The van der Waals surface area contributed by atoms with Crippen molar-refractivity contribution < 1.29 is 14.6 Å². The van der Waals surface area contributed by atoms with Gasteiger partial charge in [-0.25, -0.2) is 0 Å². The fourth-order valence-corrected chi connectivity index (χ4v) is 4.48. The summed E-state index contributed by atoms with van der Waals surface area (Å²) in [4.78, 5) is 4.87. The summed E-state index contributed by atoms with van der Waals surface area (Å²) in [6.07, 6.45) is 0.731. The number of aliphatic hydroxyl groups is 1. The standard InChI is InChI=1S/C23H30N2O3/c1-27-21-9-7-19(8-10-21)17-24-12-11-23(26,20-5-3-2-4-6-20)22(18-24)25-13-15-28-16-14-25/h2-10,22,26H,11-18H2,1H3/t22-,23+/m1/s1. The fourth-order valence-electron chi connectivity index (χ4n) is 4.48. The smallest absolute Gasteiger partial charge is 0.118 e. The van der Waals surface area contributed by atoms with Crippen LogP contribution in [0.2, 0.25) is 0 Å². The summed E-state index contributed by atoms with van der Waals surface area (Å²) in [7, 11) is 1.69. The van der Waals surface area contributed by atoms with Crippen LogP contribution in [0.4, 0.5) is 0 Å². The van der Waals surface area contributed by atoms with E-state index in [9.17, 15) is 5.11 Å². The Morgan fingerprint density at radius 2 is 1.75 bits per heavy atom. The molecule has 2 heterocycles.